The van der Waals surface area contributed by atoms with Crippen LogP contribution in [0.15, 0.2) is 30.3 Å². The summed E-state index contributed by atoms with van der Waals surface area (Å²) in [6.07, 6.45) is 1.13. The SMILES string of the molecule is O=COc1ccc2cc3c(c-2cc1)C3. The minimum absolute atomic E-state index is 0.450. The predicted molar refractivity (Wildman–Crippen MR) is 52.6 cm³/mol. The normalized spacial score (nSPS) is 12.3. The number of ether oxygens (including phenoxy) is 1. The van der Waals surface area contributed by atoms with Gasteiger partial charge in [0, 0.05) is 0 Å². The van der Waals surface area contributed by atoms with E-state index in [4.69, 9.17) is 4.74 Å². The van der Waals surface area contributed by atoms with Crippen molar-refractivity contribution in [2.24, 2.45) is 0 Å². The molecule has 0 unspecified atom stereocenters. The second-order valence-electron chi connectivity index (χ2n) is 3.48. The van der Waals surface area contributed by atoms with Crippen molar-refractivity contribution >= 4 is 6.47 Å². The van der Waals surface area contributed by atoms with Crippen LogP contribution in [0, 0.1) is 0 Å². The van der Waals surface area contributed by atoms with Gasteiger partial charge in [-0.15, -0.1) is 0 Å². The molecule has 0 aromatic carbocycles. The smallest absolute Gasteiger partial charge is 0.298 e. The Bertz CT molecular complexity index is 488. The Balaban J connectivity index is 2.15. The third kappa shape index (κ3) is 1.01. The molecule has 2 heteroatoms. The number of fused-ring (bicyclic) bond motifs is 3. The van der Waals surface area contributed by atoms with E-state index in [1.54, 1.807) is 0 Å². The Morgan fingerprint density at radius 3 is 2.93 bits per heavy atom. The second kappa shape index (κ2) is 2.58. The molecule has 2 nitrogen and oxygen atoms in total. The van der Waals surface area contributed by atoms with Crippen molar-refractivity contribution in [2.45, 2.75) is 6.42 Å². The van der Waals surface area contributed by atoms with E-state index < -0.39 is 0 Å². The lowest BCUT2D eigenvalue weighted by molar-refractivity contribution is -0.120. The highest BCUT2D eigenvalue weighted by molar-refractivity contribution is 5.80. The molecule has 3 aliphatic carbocycles. The van der Waals surface area contributed by atoms with Gasteiger partial charge in [0.1, 0.15) is 5.75 Å². The Labute approximate surface area is 81.5 Å². The first-order chi connectivity index (χ1) is 6.88. The van der Waals surface area contributed by atoms with Gasteiger partial charge in [-0.3, -0.25) is 4.79 Å². The van der Waals surface area contributed by atoms with E-state index in [1.807, 2.05) is 24.3 Å². The van der Waals surface area contributed by atoms with Crippen LogP contribution in [-0.4, -0.2) is 6.47 Å². The van der Waals surface area contributed by atoms with E-state index in [0.717, 1.165) is 6.42 Å². The van der Waals surface area contributed by atoms with Gasteiger partial charge in [-0.1, -0.05) is 18.2 Å². The molecule has 0 N–H and O–H groups in total. The number of carbonyl (C=O) groups excluding carboxylic acids is 1. The molecule has 0 aliphatic heterocycles. The summed E-state index contributed by atoms with van der Waals surface area (Å²) in [6.45, 7) is 0.450. The number of hydrogen-bond donors (Lipinski definition) is 0. The van der Waals surface area contributed by atoms with Crippen LogP contribution < -0.4 is 4.74 Å². The van der Waals surface area contributed by atoms with Crippen molar-refractivity contribution in [2.75, 3.05) is 0 Å². The zero-order valence-corrected chi connectivity index (χ0v) is 7.49. The van der Waals surface area contributed by atoms with Crippen molar-refractivity contribution in [3.63, 3.8) is 0 Å². The first-order valence-corrected chi connectivity index (χ1v) is 4.53. The van der Waals surface area contributed by atoms with Crippen LogP contribution in [-0.2, 0) is 11.2 Å². The summed E-state index contributed by atoms with van der Waals surface area (Å²) in [5.74, 6) is 0.589. The monoisotopic (exact) mass is 184 g/mol. The van der Waals surface area contributed by atoms with Crippen molar-refractivity contribution < 1.29 is 9.53 Å². The van der Waals surface area contributed by atoms with Gasteiger partial charge in [-0.05, 0) is 40.8 Å². The van der Waals surface area contributed by atoms with Gasteiger partial charge in [0.2, 0.25) is 0 Å². The summed E-state index contributed by atoms with van der Waals surface area (Å²) in [5.41, 5.74) is 5.39. The van der Waals surface area contributed by atoms with Crippen LogP contribution >= 0.6 is 0 Å². The highest BCUT2D eigenvalue weighted by Gasteiger charge is 2.25. The highest BCUT2D eigenvalue weighted by atomic mass is 16.5. The summed E-state index contributed by atoms with van der Waals surface area (Å²) in [6, 6.07) is 9.83. The van der Waals surface area contributed by atoms with E-state index in [9.17, 15) is 4.79 Å². The molecule has 3 rings (SSSR count). The Kier molecular flexibility index (Phi) is 1.39. The minimum atomic E-state index is 0.450. The molecular weight excluding hydrogens is 176 g/mol. The summed E-state index contributed by atoms with van der Waals surface area (Å²) in [4.78, 5) is 10.2. The van der Waals surface area contributed by atoms with Gasteiger partial charge >= 0.3 is 0 Å². The molecule has 3 aliphatic rings. The maximum absolute atomic E-state index is 10.2. The highest BCUT2D eigenvalue weighted by Crippen LogP contribution is 2.42. The lowest BCUT2D eigenvalue weighted by Crippen LogP contribution is -1.84. The summed E-state index contributed by atoms with van der Waals surface area (Å²) in [7, 11) is 0. The van der Waals surface area contributed by atoms with E-state index in [2.05, 4.69) is 6.07 Å². The standard InChI is InChI=1S/C12H8O2/c13-7-14-10-2-1-8-5-9-6-12(9)11(8)4-3-10/h1-5,7H,6H2. The minimum Gasteiger partial charge on any atom is -0.429 e. The van der Waals surface area contributed by atoms with Gasteiger partial charge in [-0.25, -0.2) is 0 Å². The van der Waals surface area contributed by atoms with Crippen LogP contribution in [0.25, 0.3) is 11.1 Å². The summed E-state index contributed by atoms with van der Waals surface area (Å²) < 4.78 is 4.78. The third-order valence-electron chi connectivity index (χ3n) is 2.62. The molecule has 0 aromatic heterocycles. The van der Waals surface area contributed by atoms with E-state index in [1.165, 1.54) is 22.3 Å². The van der Waals surface area contributed by atoms with Gasteiger partial charge in [-0.2, -0.15) is 0 Å². The number of carbonyl (C=O) groups is 1. The fraction of sp³-hybridized carbons (Fsp3) is 0.0833. The van der Waals surface area contributed by atoms with Crippen molar-refractivity contribution in [3.8, 4) is 16.9 Å². The molecule has 0 amide bonds. The first kappa shape index (κ1) is 7.56. The van der Waals surface area contributed by atoms with E-state index >= 15 is 0 Å². The first-order valence-electron chi connectivity index (χ1n) is 4.53. The fourth-order valence-electron chi connectivity index (χ4n) is 1.85. The van der Waals surface area contributed by atoms with Crippen LogP contribution in [0.3, 0.4) is 0 Å². The Morgan fingerprint density at radius 1 is 1.21 bits per heavy atom. The second-order valence-corrected chi connectivity index (χ2v) is 3.48. The molecule has 0 fully saturated rings. The topological polar surface area (TPSA) is 26.3 Å². The predicted octanol–water partition coefficient (Wildman–Crippen LogP) is 2.23. The maximum atomic E-state index is 10.2. The fourth-order valence-corrected chi connectivity index (χ4v) is 1.85. The molecule has 0 heterocycles. The van der Waals surface area contributed by atoms with E-state index in [0.29, 0.717) is 12.2 Å². The molecule has 0 atom stereocenters. The van der Waals surface area contributed by atoms with Crippen LogP contribution in [0.5, 0.6) is 5.75 Å². The third-order valence-corrected chi connectivity index (χ3v) is 2.62. The van der Waals surface area contributed by atoms with Crippen LogP contribution in [0.1, 0.15) is 11.1 Å². The van der Waals surface area contributed by atoms with E-state index in [-0.39, 0.29) is 0 Å². The van der Waals surface area contributed by atoms with Crippen LogP contribution in [0.2, 0.25) is 0 Å². The molecule has 68 valence electrons. The molecule has 0 saturated carbocycles. The lowest BCUT2D eigenvalue weighted by atomic mass is 10.1. The van der Waals surface area contributed by atoms with Crippen molar-refractivity contribution in [3.05, 3.63) is 41.5 Å². The summed E-state index contributed by atoms with van der Waals surface area (Å²) >= 11 is 0. The molecule has 0 saturated heterocycles. The Morgan fingerprint density at radius 2 is 2.07 bits per heavy atom. The molecular formula is C12H8O2. The number of hydrogen-bond acceptors (Lipinski definition) is 2. The molecule has 0 bridgehead atoms. The zero-order chi connectivity index (χ0) is 9.54. The molecule has 0 spiro atoms. The summed E-state index contributed by atoms with van der Waals surface area (Å²) in [5, 5.41) is 0. The average molecular weight is 184 g/mol. The van der Waals surface area contributed by atoms with Gasteiger partial charge in [0.15, 0.2) is 0 Å². The average Bonchev–Trinajstić information content (AvgIpc) is 2.90. The largest absolute Gasteiger partial charge is 0.429 e. The maximum Gasteiger partial charge on any atom is 0.298 e. The Hall–Kier alpha value is -1.83. The van der Waals surface area contributed by atoms with Gasteiger partial charge in [0.25, 0.3) is 6.47 Å². The number of rotatable bonds is 2. The van der Waals surface area contributed by atoms with Crippen molar-refractivity contribution in [1.82, 2.24) is 0 Å². The van der Waals surface area contributed by atoms with Crippen molar-refractivity contribution in [1.29, 1.82) is 0 Å². The quantitative estimate of drug-likeness (QED) is 0.571. The van der Waals surface area contributed by atoms with Gasteiger partial charge < -0.3 is 4.74 Å². The zero-order valence-electron chi connectivity index (χ0n) is 7.49. The molecule has 0 radical (unpaired) electrons. The van der Waals surface area contributed by atoms with Crippen LogP contribution in [0.4, 0.5) is 0 Å². The molecule has 14 heavy (non-hydrogen) atoms. The molecule has 0 aromatic rings. The lowest BCUT2D eigenvalue weighted by Gasteiger charge is -1.90. The van der Waals surface area contributed by atoms with Gasteiger partial charge in [0.05, 0.1) is 0 Å².